The zero-order chi connectivity index (χ0) is 14.6. The maximum absolute atomic E-state index is 11.7. The Bertz CT molecular complexity index is 409. The number of rotatable bonds is 4. The summed E-state index contributed by atoms with van der Waals surface area (Å²) in [6, 6.07) is -1.26. The molecule has 2 N–H and O–H groups in total. The van der Waals surface area contributed by atoms with E-state index in [0.717, 1.165) is 4.90 Å². The molecular weight excluding hydrogens is 254 g/mol. The second-order valence-corrected chi connectivity index (χ2v) is 4.40. The van der Waals surface area contributed by atoms with E-state index in [1.165, 1.54) is 19.0 Å². The molecule has 8 nitrogen and oxygen atoms in total. The largest absolute Gasteiger partial charge is 0.481 e. The second kappa shape index (κ2) is 6.17. The van der Waals surface area contributed by atoms with Crippen LogP contribution in [0.15, 0.2) is 0 Å². The van der Waals surface area contributed by atoms with E-state index < -0.39 is 23.9 Å². The number of urea groups is 1. The van der Waals surface area contributed by atoms with Crippen LogP contribution >= 0.6 is 0 Å². The number of carbonyl (C=O) groups excluding carboxylic acids is 3. The smallest absolute Gasteiger partial charge is 0.317 e. The molecule has 0 radical (unpaired) electrons. The standard InChI is InChI=1S/C11H17N3O5/c1-13(6-5-9(16)17)11(19)12-7-3-4-8(15)14(2)10(7)18/h7H,3-6H2,1-2H3,(H,12,19)(H,16,17). The Balaban J connectivity index is 2.50. The molecule has 1 fully saturated rings. The number of likely N-dealkylation sites (N-methyl/N-ethyl adjacent to an activating group) is 1. The number of aliphatic carboxylic acids is 1. The van der Waals surface area contributed by atoms with Gasteiger partial charge < -0.3 is 15.3 Å². The lowest BCUT2D eigenvalue weighted by Crippen LogP contribution is -2.55. The van der Waals surface area contributed by atoms with Crippen LogP contribution in [0.1, 0.15) is 19.3 Å². The molecule has 0 spiro atoms. The first-order valence-corrected chi connectivity index (χ1v) is 5.86. The fourth-order valence-electron chi connectivity index (χ4n) is 1.67. The molecule has 106 valence electrons. The number of carboxylic acid groups (broad SMARTS) is 1. The first-order valence-electron chi connectivity index (χ1n) is 5.86. The van der Waals surface area contributed by atoms with Crippen LogP contribution in [0.2, 0.25) is 0 Å². The molecule has 1 aliphatic rings. The van der Waals surface area contributed by atoms with Crippen LogP contribution in [-0.2, 0) is 14.4 Å². The van der Waals surface area contributed by atoms with E-state index in [2.05, 4.69) is 5.32 Å². The Hall–Kier alpha value is -2.12. The number of amides is 4. The zero-order valence-corrected chi connectivity index (χ0v) is 10.9. The van der Waals surface area contributed by atoms with Gasteiger partial charge in [0.2, 0.25) is 5.91 Å². The predicted molar refractivity (Wildman–Crippen MR) is 64.2 cm³/mol. The predicted octanol–water partition coefficient (Wildman–Crippen LogP) is -0.750. The number of carbonyl (C=O) groups is 4. The second-order valence-electron chi connectivity index (χ2n) is 4.40. The number of imide groups is 1. The third-order valence-corrected chi connectivity index (χ3v) is 2.96. The Morgan fingerprint density at radius 1 is 1.47 bits per heavy atom. The highest BCUT2D eigenvalue weighted by Gasteiger charge is 2.33. The van der Waals surface area contributed by atoms with Gasteiger partial charge in [-0.05, 0) is 6.42 Å². The third kappa shape index (κ3) is 3.94. The van der Waals surface area contributed by atoms with Crippen molar-refractivity contribution in [2.45, 2.75) is 25.3 Å². The highest BCUT2D eigenvalue weighted by Crippen LogP contribution is 2.11. The van der Waals surface area contributed by atoms with Crippen LogP contribution in [0.3, 0.4) is 0 Å². The van der Waals surface area contributed by atoms with Crippen LogP contribution in [-0.4, -0.2) is 65.4 Å². The van der Waals surface area contributed by atoms with Crippen molar-refractivity contribution in [3.63, 3.8) is 0 Å². The molecule has 0 aromatic heterocycles. The van der Waals surface area contributed by atoms with Gasteiger partial charge in [-0.2, -0.15) is 0 Å². The Kier molecular flexibility index (Phi) is 4.85. The summed E-state index contributed by atoms with van der Waals surface area (Å²) in [5, 5.41) is 11.0. The summed E-state index contributed by atoms with van der Waals surface area (Å²) < 4.78 is 0. The summed E-state index contributed by atoms with van der Waals surface area (Å²) in [6.45, 7) is 0.0524. The number of piperidine rings is 1. The van der Waals surface area contributed by atoms with Crippen molar-refractivity contribution in [2.75, 3.05) is 20.6 Å². The molecule has 1 saturated heterocycles. The van der Waals surface area contributed by atoms with Crippen molar-refractivity contribution in [1.29, 1.82) is 0 Å². The summed E-state index contributed by atoms with van der Waals surface area (Å²) in [7, 11) is 2.82. The molecule has 1 unspecified atom stereocenters. The molecule has 1 aliphatic heterocycles. The van der Waals surface area contributed by atoms with Crippen LogP contribution in [0.5, 0.6) is 0 Å². The Morgan fingerprint density at radius 3 is 2.68 bits per heavy atom. The topological polar surface area (TPSA) is 107 Å². The number of likely N-dealkylation sites (tertiary alicyclic amines) is 1. The van der Waals surface area contributed by atoms with E-state index in [4.69, 9.17) is 5.11 Å². The first-order chi connectivity index (χ1) is 8.82. The number of nitrogens with one attached hydrogen (secondary N) is 1. The van der Waals surface area contributed by atoms with Crippen LogP contribution < -0.4 is 5.32 Å². The van der Waals surface area contributed by atoms with Gasteiger partial charge in [0.1, 0.15) is 6.04 Å². The lowest BCUT2D eigenvalue weighted by Gasteiger charge is -2.29. The van der Waals surface area contributed by atoms with Crippen LogP contribution in [0.25, 0.3) is 0 Å². The fourth-order valence-corrected chi connectivity index (χ4v) is 1.67. The van der Waals surface area contributed by atoms with E-state index >= 15 is 0 Å². The summed E-state index contributed by atoms with van der Waals surface area (Å²) in [5.74, 6) is -1.72. The minimum Gasteiger partial charge on any atom is -0.481 e. The van der Waals surface area contributed by atoms with Crippen LogP contribution in [0.4, 0.5) is 4.79 Å². The molecule has 8 heteroatoms. The van der Waals surface area contributed by atoms with Gasteiger partial charge >= 0.3 is 12.0 Å². The summed E-state index contributed by atoms with van der Waals surface area (Å²) in [4.78, 5) is 47.3. The monoisotopic (exact) mass is 271 g/mol. The molecule has 4 amide bonds. The zero-order valence-electron chi connectivity index (χ0n) is 10.9. The van der Waals surface area contributed by atoms with E-state index in [9.17, 15) is 19.2 Å². The van der Waals surface area contributed by atoms with Crippen molar-refractivity contribution in [3.8, 4) is 0 Å². The molecule has 0 aromatic rings. The molecule has 0 aromatic carbocycles. The maximum atomic E-state index is 11.7. The van der Waals surface area contributed by atoms with Crippen molar-refractivity contribution in [1.82, 2.24) is 15.1 Å². The number of carboxylic acids is 1. The Morgan fingerprint density at radius 2 is 2.11 bits per heavy atom. The molecule has 0 bridgehead atoms. The maximum Gasteiger partial charge on any atom is 0.317 e. The lowest BCUT2D eigenvalue weighted by molar-refractivity contribution is -0.148. The molecule has 1 heterocycles. The Labute approximate surface area is 110 Å². The summed E-state index contributed by atoms with van der Waals surface area (Å²) >= 11 is 0. The number of hydrogen-bond acceptors (Lipinski definition) is 4. The fraction of sp³-hybridized carbons (Fsp3) is 0.636. The molecule has 0 aliphatic carbocycles. The summed E-state index contributed by atoms with van der Waals surface area (Å²) in [5.41, 5.74) is 0. The first kappa shape index (κ1) is 14.9. The van der Waals surface area contributed by atoms with E-state index in [1.54, 1.807) is 0 Å². The molecular formula is C11H17N3O5. The average Bonchev–Trinajstić information content (AvgIpc) is 2.36. The SMILES string of the molecule is CN(CCC(=O)O)C(=O)NC1CCC(=O)N(C)C1=O. The van der Waals surface area contributed by atoms with Gasteiger partial charge in [0.25, 0.3) is 5.91 Å². The normalized spacial score (nSPS) is 19.3. The van der Waals surface area contributed by atoms with Crippen molar-refractivity contribution in [3.05, 3.63) is 0 Å². The quantitative estimate of drug-likeness (QED) is 0.654. The molecule has 19 heavy (non-hydrogen) atoms. The third-order valence-electron chi connectivity index (χ3n) is 2.96. The highest BCUT2D eigenvalue weighted by molar-refractivity contribution is 6.01. The van der Waals surface area contributed by atoms with Gasteiger partial charge in [0.15, 0.2) is 0 Å². The number of hydrogen-bond donors (Lipinski definition) is 2. The van der Waals surface area contributed by atoms with Crippen molar-refractivity contribution < 1.29 is 24.3 Å². The molecule has 0 saturated carbocycles. The number of nitrogens with zero attached hydrogens (tertiary/aromatic N) is 2. The molecule has 1 atom stereocenters. The summed E-state index contributed by atoms with van der Waals surface area (Å²) in [6.07, 6.45) is 0.299. The van der Waals surface area contributed by atoms with Gasteiger partial charge in [0.05, 0.1) is 6.42 Å². The van der Waals surface area contributed by atoms with Crippen LogP contribution in [0, 0.1) is 0 Å². The lowest BCUT2D eigenvalue weighted by atomic mass is 10.1. The minimum absolute atomic E-state index is 0.0524. The van der Waals surface area contributed by atoms with E-state index in [-0.39, 0.29) is 31.7 Å². The minimum atomic E-state index is -1.00. The highest BCUT2D eigenvalue weighted by atomic mass is 16.4. The van der Waals surface area contributed by atoms with E-state index in [0.29, 0.717) is 0 Å². The van der Waals surface area contributed by atoms with Gasteiger partial charge in [-0.3, -0.25) is 19.3 Å². The van der Waals surface area contributed by atoms with Gasteiger partial charge in [-0.15, -0.1) is 0 Å². The average molecular weight is 271 g/mol. The molecule has 1 rings (SSSR count). The van der Waals surface area contributed by atoms with Gasteiger partial charge in [-0.1, -0.05) is 0 Å². The van der Waals surface area contributed by atoms with E-state index in [1.807, 2.05) is 0 Å². The van der Waals surface area contributed by atoms with Gasteiger partial charge in [-0.25, -0.2) is 4.79 Å². The van der Waals surface area contributed by atoms with Gasteiger partial charge in [0, 0.05) is 27.1 Å². The van der Waals surface area contributed by atoms with Crippen molar-refractivity contribution >= 4 is 23.8 Å². The van der Waals surface area contributed by atoms with Crippen molar-refractivity contribution in [2.24, 2.45) is 0 Å².